The van der Waals surface area contributed by atoms with Crippen LogP contribution < -0.4 is 11.2 Å². The van der Waals surface area contributed by atoms with Crippen LogP contribution >= 0.6 is 0 Å². The maximum Gasteiger partial charge on any atom is 0.330 e. The van der Waals surface area contributed by atoms with Gasteiger partial charge in [0.15, 0.2) is 11.5 Å². The van der Waals surface area contributed by atoms with Crippen molar-refractivity contribution in [2.24, 2.45) is 0 Å². The summed E-state index contributed by atoms with van der Waals surface area (Å²) in [7, 11) is -1.92. The lowest BCUT2D eigenvalue weighted by atomic mass is 10.1. The molecule has 2 rings (SSSR count). The van der Waals surface area contributed by atoms with Crippen molar-refractivity contribution in [1.82, 2.24) is 9.55 Å². The third-order valence-corrected chi connectivity index (χ3v) is 7.30. The Morgan fingerprint density at radius 2 is 1.81 bits per heavy atom. The third kappa shape index (κ3) is 5.94. The fraction of sp³-hybridized carbons (Fsp3) is 0.762. The Kier molecular flexibility index (Phi) is 7.41. The highest BCUT2D eigenvalue weighted by molar-refractivity contribution is 6.58. The number of rotatable bonds is 6. The van der Waals surface area contributed by atoms with Gasteiger partial charge in [0.05, 0.1) is 26.6 Å². The summed E-state index contributed by atoms with van der Waals surface area (Å²) in [6, 6.07) is 1.28. The van der Waals surface area contributed by atoms with E-state index in [0.29, 0.717) is 0 Å². The van der Waals surface area contributed by atoms with Gasteiger partial charge in [-0.3, -0.25) is 19.1 Å². The van der Waals surface area contributed by atoms with Crippen LogP contribution in [0.5, 0.6) is 0 Å². The van der Waals surface area contributed by atoms with Gasteiger partial charge in [0, 0.05) is 19.2 Å². The van der Waals surface area contributed by atoms with Crippen molar-refractivity contribution in [3.8, 4) is 0 Å². The van der Waals surface area contributed by atoms with Crippen LogP contribution in [-0.4, -0.2) is 60.4 Å². The maximum atomic E-state index is 12.9. The zero-order valence-electron chi connectivity index (χ0n) is 20.0. The lowest BCUT2D eigenvalue weighted by Crippen LogP contribution is -2.60. The van der Waals surface area contributed by atoms with Gasteiger partial charge in [0.25, 0.3) is 5.56 Å². The number of aromatic nitrogens is 2. The van der Waals surface area contributed by atoms with E-state index in [2.05, 4.69) is 4.98 Å². The summed E-state index contributed by atoms with van der Waals surface area (Å²) in [5, 5.41) is -1.21. The first kappa shape index (κ1) is 25.5. The quantitative estimate of drug-likeness (QED) is 0.511. The minimum absolute atomic E-state index is 0.145. The average molecular weight is 457 g/mol. The van der Waals surface area contributed by atoms with E-state index in [-0.39, 0.29) is 6.61 Å². The summed E-state index contributed by atoms with van der Waals surface area (Å²) in [6.07, 6.45) is -0.817. The number of esters is 1. The molecule has 4 atom stereocenters. The van der Waals surface area contributed by atoms with Gasteiger partial charge in [-0.1, -0.05) is 13.1 Å². The van der Waals surface area contributed by atoms with E-state index in [1.807, 2.05) is 54.6 Å². The molecule has 0 amide bonds. The van der Waals surface area contributed by atoms with Gasteiger partial charge in [-0.05, 0) is 41.5 Å². The van der Waals surface area contributed by atoms with Crippen molar-refractivity contribution >= 4 is 14.8 Å². The summed E-state index contributed by atoms with van der Waals surface area (Å²) >= 11 is 0. The monoisotopic (exact) mass is 456 g/mol. The van der Waals surface area contributed by atoms with Gasteiger partial charge < -0.3 is 18.9 Å². The molecule has 1 fully saturated rings. The minimum atomic E-state index is -1.92. The Morgan fingerprint density at radius 3 is 2.26 bits per heavy atom. The first-order valence-electron chi connectivity index (χ1n) is 10.6. The Morgan fingerprint density at radius 1 is 1.19 bits per heavy atom. The van der Waals surface area contributed by atoms with E-state index >= 15 is 0 Å². The van der Waals surface area contributed by atoms with Gasteiger partial charge in [-0.15, -0.1) is 0 Å². The highest BCUT2D eigenvalue weighted by Crippen LogP contribution is 2.42. The average Bonchev–Trinajstić information content (AvgIpc) is 2.85. The van der Waals surface area contributed by atoms with E-state index in [9.17, 15) is 14.4 Å². The molecular formula is C21H36N2O7Si. The predicted octanol–water partition coefficient (Wildman–Crippen LogP) is 1.54. The van der Waals surface area contributed by atoms with E-state index in [4.69, 9.17) is 18.9 Å². The normalized spacial score (nSPS) is 27.0. The molecule has 10 heteroatoms. The minimum Gasteiger partial charge on any atom is -0.457 e. The molecule has 0 radical (unpaired) electrons. The van der Waals surface area contributed by atoms with Crippen LogP contribution in [0.1, 0.15) is 48.5 Å². The Bertz CT molecular complexity index is 896. The Hall–Kier alpha value is -1.75. The SMILES string of the molecule is CC(=O)O[C@@H]1[C@@H](OC(C)(C)C)[C@](n2ccc(=O)[nH]c2=O)([SiH](C)C)O[C@@H]1COC(C)(C)C. The van der Waals surface area contributed by atoms with Crippen LogP contribution in [-0.2, 0) is 29.1 Å². The van der Waals surface area contributed by atoms with Gasteiger partial charge in [-0.25, -0.2) is 4.79 Å². The molecule has 0 saturated carbocycles. The number of H-pyrrole nitrogens is 1. The lowest BCUT2D eigenvalue weighted by molar-refractivity contribution is -0.170. The van der Waals surface area contributed by atoms with Crippen LogP contribution in [0.4, 0.5) is 0 Å². The van der Waals surface area contributed by atoms with Crippen molar-refractivity contribution in [3.05, 3.63) is 33.1 Å². The highest BCUT2D eigenvalue weighted by Gasteiger charge is 2.62. The van der Waals surface area contributed by atoms with Gasteiger partial charge in [0.1, 0.15) is 12.2 Å². The van der Waals surface area contributed by atoms with Gasteiger partial charge >= 0.3 is 11.7 Å². The fourth-order valence-corrected chi connectivity index (χ4v) is 5.88. The number of ether oxygens (including phenoxy) is 4. The van der Waals surface area contributed by atoms with E-state index in [0.717, 1.165) is 0 Å². The molecule has 31 heavy (non-hydrogen) atoms. The zero-order chi connectivity index (χ0) is 23.8. The summed E-state index contributed by atoms with van der Waals surface area (Å²) < 4.78 is 26.0. The number of carbonyl (C=O) groups is 1. The summed E-state index contributed by atoms with van der Waals surface area (Å²) in [5.74, 6) is -0.480. The first-order chi connectivity index (χ1) is 14.1. The zero-order valence-corrected chi connectivity index (χ0v) is 21.1. The molecule has 0 spiro atoms. The molecular weight excluding hydrogens is 420 g/mol. The van der Waals surface area contributed by atoms with Crippen molar-refractivity contribution in [2.45, 2.75) is 96.4 Å². The molecule has 176 valence electrons. The molecule has 2 heterocycles. The van der Waals surface area contributed by atoms with Crippen LogP contribution in [0.15, 0.2) is 21.9 Å². The molecule has 1 aromatic rings. The van der Waals surface area contributed by atoms with Crippen LogP contribution in [0.2, 0.25) is 13.1 Å². The van der Waals surface area contributed by atoms with E-state index in [1.54, 1.807) is 0 Å². The molecule has 1 aliphatic rings. The molecule has 9 nitrogen and oxygen atoms in total. The van der Waals surface area contributed by atoms with Crippen LogP contribution in [0, 0.1) is 0 Å². The molecule has 1 aromatic heterocycles. The largest absolute Gasteiger partial charge is 0.457 e. The molecule has 1 saturated heterocycles. The van der Waals surface area contributed by atoms with Gasteiger partial charge in [0.2, 0.25) is 0 Å². The van der Waals surface area contributed by atoms with Crippen molar-refractivity contribution in [2.75, 3.05) is 6.61 Å². The fourth-order valence-electron chi connectivity index (χ4n) is 3.76. The van der Waals surface area contributed by atoms with Crippen LogP contribution in [0.25, 0.3) is 0 Å². The molecule has 1 N–H and O–H groups in total. The predicted molar refractivity (Wildman–Crippen MR) is 119 cm³/mol. The second-order valence-corrected chi connectivity index (χ2v) is 13.3. The Labute approximate surface area is 184 Å². The molecule has 0 aliphatic carbocycles. The standard InChI is InChI=1S/C21H36N2O7Si/c1-13(24)28-16-14(12-27-19(2,3)4)29-21(31(8)9,17(16)30-20(5,6)7)23-11-10-15(25)22-18(23)26/h10-11,14,16-17,31H,12H2,1-9H3,(H,22,25,26)/t14-,16+,17-,21-/m1/s1. The maximum absolute atomic E-state index is 12.9. The highest BCUT2D eigenvalue weighted by atomic mass is 28.3. The number of hydrogen-bond acceptors (Lipinski definition) is 7. The third-order valence-electron chi connectivity index (χ3n) is 4.90. The summed E-state index contributed by atoms with van der Waals surface area (Å²) in [6.45, 7) is 16.9. The number of carbonyl (C=O) groups excluding carboxylic acids is 1. The smallest absolute Gasteiger partial charge is 0.330 e. The van der Waals surface area contributed by atoms with Crippen molar-refractivity contribution in [3.63, 3.8) is 0 Å². The second kappa shape index (κ2) is 9.01. The number of aromatic amines is 1. The van der Waals surface area contributed by atoms with Crippen molar-refractivity contribution < 1.29 is 23.7 Å². The van der Waals surface area contributed by atoms with E-state index < -0.39 is 60.9 Å². The summed E-state index contributed by atoms with van der Waals surface area (Å²) in [5.41, 5.74) is -2.17. The number of nitrogens with zero attached hydrogens (tertiary/aromatic N) is 1. The molecule has 0 aromatic carbocycles. The Balaban J connectivity index is 2.70. The first-order valence-corrected chi connectivity index (χ1v) is 13.4. The topological polar surface area (TPSA) is 109 Å². The van der Waals surface area contributed by atoms with Crippen molar-refractivity contribution in [1.29, 1.82) is 0 Å². The lowest BCUT2D eigenvalue weighted by Gasteiger charge is -2.41. The van der Waals surface area contributed by atoms with E-state index in [1.165, 1.54) is 23.8 Å². The molecule has 1 aliphatic heterocycles. The molecule has 0 bridgehead atoms. The van der Waals surface area contributed by atoms with Gasteiger partial charge in [-0.2, -0.15) is 0 Å². The molecule has 0 unspecified atom stereocenters. The van der Waals surface area contributed by atoms with Crippen LogP contribution in [0.3, 0.4) is 0 Å². The number of nitrogens with one attached hydrogen (secondary N) is 1. The second-order valence-electron chi connectivity index (χ2n) is 10.2. The summed E-state index contributed by atoms with van der Waals surface area (Å²) in [4.78, 5) is 38.9. The number of hydrogen-bond donors (Lipinski definition) is 1.